The number of hydrogen-bond donors (Lipinski definition) is 0. The molecule has 1 heterocycles. The number of benzene rings is 1. The molecule has 0 saturated carbocycles. The molecule has 3 heteroatoms. The molecule has 2 rings (SSSR count). The molecule has 1 aromatic carbocycles. The minimum absolute atomic E-state index is 0.453. The van der Waals surface area contributed by atoms with Crippen molar-refractivity contribution in [2.45, 2.75) is 46.8 Å². The van der Waals surface area contributed by atoms with E-state index in [0.717, 1.165) is 17.2 Å². The Balaban J connectivity index is 2.00. The second kappa shape index (κ2) is 6.62. The predicted molar refractivity (Wildman–Crippen MR) is 80.5 cm³/mol. The number of rotatable bonds is 5. The summed E-state index contributed by atoms with van der Waals surface area (Å²) < 4.78 is 5.69. The van der Waals surface area contributed by atoms with Crippen LogP contribution >= 0.6 is 0 Å². The zero-order valence-electron chi connectivity index (χ0n) is 12.7. The highest BCUT2D eigenvalue weighted by atomic mass is 16.5. The Morgan fingerprint density at radius 1 is 0.950 bits per heavy atom. The van der Waals surface area contributed by atoms with Crippen LogP contribution in [0.1, 0.15) is 48.1 Å². The van der Waals surface area contributed by atoms with Gasteiger partial charge in [-0.2, -0.15) is 0 Å². The lowest BCUT2D eigenvalue weighted by Crippen LogP contribution is -2.08. The Morgan fingerprint density at radius 3 is 2.10 bits per heavy atom. The SMILES string of the molecule is Cc1nc(COCc2ccccc2)nc(C)c1C(C)C. The molecule has 0 saturated heterocycles. The maximum atomic E-state index is 5.69. The van der Waals surface area contributed by atoms with Gasteiger partial charge in [0.05, 0.1) is 6.61 Å². The van der Waals surface area contributed by atoms with Crippen LogP contribution in [0, 0.1) is 13.8 Å². The normalized spacial score (nSPS) is 11.1. The summed E-state index contributed by atoms with van der Waals surface area (Å²) in [4.78, 5) is 9.10. The number of nitrogens with zero attached hydrogens (tertiary/aromatic N) is 2. The van der Waals surface area contributed by atoms with Gasteiger partial charge in [-0.25, -0.2) is 9.97 Å². The van der Waals surface area contributed by atoms with Crippen LogP contribution in [0.5, 0.6) is 0 Å². The average molecular weight is 270 g/mol. The van der Waals surface area contributed by atoms with Gasteiger partial charge in [-0.3, -0.25) is 0 Å². The van der Waals surface area contributed by atoms with Gasteiger partial charge in [0.25, 0.3) is 0 Å². The van der Waals surface area contributed by atoms with Crippen LogP contribution in [0.4, 0.5) is 0 Å². The van der Waals surface area contributed by atoms with E-state index < -0.39 is 0 Å². The maximum Gasteiger partial charge on any atom is 0.154 e. The van der Waals surface area contributed by atoms with Crippen molar-refractivity contribution in [3.05, 3.63) is 58.7 Å². The van der Waals surface area contributed by atoms with Gasteiger partial charge in [-0.05, 0) is 30.9 Å². The first kappa shape index (κ1) is 14.7. The fourth-order valence-electron chi connectivity index (χ4n) is 2.53. The Bertz CT molecular complexity index is 541. The van der Waals surface area contributed by atoms with Crippen molar-refractivity contribution >= 4 is 0 Å². The molecule has 0 N–H and O–H groups in total. The van der Waals surface area contributed by atoms with Crippen LogP contribution in [0.2, 0.25) is 0 Å². The molecule has 0 spiro atoms. The summed E-state index contributed by atoms with van der Waals surface area (Å²) in [5, 5.41) is 0. The zero-order valence-corrected chi connectivity index (χ0v) is 12.7. The maximum absolute atomic E-state index is 5.69. The Kier molecular flexibility index (Phi) is 4.85. The first-order valence-corrected chi connectivity index (χ1v) is 7.03. The minimum Gasteiger partial charge on any atom is -0.369 e. The predicted octanol–water partition coefficient (Wildman–Crippen LogP) is 3.93. The van der Waals surface area contributed by atoms with Gasteiger partial charge >= 0.3 is 0 Å². The molecule has 0 aliphatic carbocycles. The van der Waals surface area contributed by atoms with Crippen LogP contribution < -0.4 is 0 Å². The van der Waals surface area contributed by atoms with Crippen LogP contribution in [0.15, 0.2) is 30.3 Å². The lowest BCUT2D eigenvalue weighted by atomic mass is 10.0. The minimum atomic E-state index is 0.453. The molecule has 0 bridgehead atoms. The van der Waals surface area contributed by atoms with E-state index in [1.54, 1.807) is 0 Å². The molecule has 0 aliphatic rings. The van der Waals surface area contributed by atoms with Crippen LogP contribution in [0.3, 0.4) is 0 Å². The molecular formula is C17H22N2O. The van der Waals surface area contributed by atoms with E-state index in [-0.39, 0.29) is 0 Å². The summed E-state index contributed by atoms with van der Waals surface area (Å²) >= 11 is 0. The summed E-state index contributed by atoms with van der Waals surface area (Å²) in [5.74, 6) is 1.22. The summed E-state index contributed by atoms with van der Waals surface area (Å²) in [7, 11) is 0. The van der Waals surface area contributed by atoms with E-state index in [1.807, 2.05) is 32.0 Å². The fraction of sp³-hybridized carbons (Fsp3) is 0.412. The molecule has 0 unspecified atom stereocenters. The van der Waals surface area contributed by atoms with Crippen molar-refractivity contribution in [3.63, 3.8) is 0 Å². The van der Waals surface area contributed by atoms with Crippen molar-refractivity contribution in [2.75, 3.05) is 0 Å². The molecular weight excluding hydrogens is 248 g/mol. The van der Waals surface area contributed by atoms with E-state index in [9.17, 15) is 0 Å². The van der Waals surface area contributed by atoms with Gasteiger partial charge in [0.1, 0.15) is 6.61 Å². The van der Waals surface area contributed by atoms with Crippen molar-refractivity contribution in [3.8, 4) is 0 Å². The first-order valence-electron chi connectivity index (χ1n) is 7.03. The molecule has 3 nitrogen and oxygen atoms in total. The van der Waals surface area contributed by atoms with Gasteiger partial charge in [0.2, 0.25) is 0 Å². The number of aromatic nitrogens is 2. The van der Waals surface area contributed by atoms with Crippen LogP contribution in [0.25, 0.3) is 0 Å². The van der Waals surface area contributed by atoms with Crippen molar-refractivity contribution < 1.29 is 4.74 Å². The molecule has 106 valence electrons. The van der Waals surface area contributed by atoms with E-state index in [4.69, 9.17) is 4.74 Å². The second-order valence-electron chi connectivity index (χ2n) is 5.36. The van der Waals surface area contributed by atoms with E-state index >= 15 is 0 Å². The quantitative estimate of drug-likeness (QED) is 0.825. The third-order valence-corrected chi connectivity index (χ3v) is 3.29. The second-order valence-corrected chi connectivity index (χ2v) is 5.36. The highest BCUT2D eigenvalue weighted by Crippen LogP contribution is 2.20. The fourth-order valence-corrected chi connectivity index (χ4v) is 2.53. The molecule has 0 atom stereocenters. The van der Waals surface area contributed by atoms with Crippen molar-refractivity contribution in [2.24, 2.45) is 0 Å². The highest BCUT2D eigenvalue weighted by Gasteiger charge is 2.11. The van der Waals surface area contributed by atoms with Crippen LogP contribution in [-0.4, -0.2) is 9.97 Å². The van der Waals surface area contributed by atoms with Gasteiger partial charge in [0, 0.05) is 11.4 Å². The van der Waals surface area contributed by atoms with E-state index in [0.29, 0.717) is 19.1 Å². The number of hydrogen-bond acceptors (Lipinski definition) is 3. The third-order valence-electron chi connectivity index (χ3n) is 3.29. The third kappa shape index (κ3) is 3.64. The monoisotopic (exact) mass is 270 g/mol. The van der Waals surface area contributed by atoms with E-state index in [2.05, 4.69) is 35.9 Å². The van der Waals surface area contributed by atoms with Crippen molar-refractivity contribution in [1.29, 1.82) is 0 Å². The van der Waals surface area contributed by atoms with Gasteiger partial charge in [-0.15, -0.1) is 0 Å². The molecule has 1 aromatic heterocycles. The standard InChI is InChI=1S/C17H22N2O/c1-12(2)17-13(3)18-16(19-14(17)4)11-20-10-15-8-6-5-7-9-15/h5-9,12H,10-11H2,1-4H3. The smallest absolute Gasteiger partial charge is 0.154 e. The lowest BCUT2D eigenvalue weighted by molar-refractivity contribution is 0.101. The summed E-state index contributed by atoms with van der Waals surface area (Å²) in [6, 6.07) is 10.1. The summed E-state index contributed by atoms with van der Waals surface area (Å²) in [6.45, 7) is 9.48. The number of aryl methyl sites for hydroxylation is 2. The lowest BCUT2D eigenvalue weighted by Gasteiger charge is -2.13. The Hall–Kier alpha value is -1.74. The van der Waals surface area contributed by atoms with Crippen molar-refractivity contribution in [1.82, 2.24) is 9.97 Å². The average Bonchev–Trinajstić information content (AvgIpc) is 2.38. The first-order chi connectivity index (χ1) is 9.58. The largest absolute Gasteiger partial charge is 0.369 e. The highest BCUT2D eigenvalue weighted by molar-refractivity contribution is 5.27. The van der Waals surface area contributed by atoms with Crippen LogP contribution in [-0.2, 0) is 18.0 Å². The summed E-state index contributed by atoms with van der Waals surface area (Å²) in [6.07, 6.45) is 0. The Morgan fingerprint density at radius 2 is 1.55 bits per heavy atom. The molecule has 0 radical (unpaired) electrons. The topological polar surface area (TPSA) is 35.0 Å². The Labute approximate surface area is 121 Å². The van der Waals surface area contributed by atoms with E-state index in [1.165, 1.54) is 11.1 Å². The molecule has 0 fully saturated rings. The molecule has 0 aliphatic heterocycles. The van der Waals surface area contributed by atoms with Gasteiger partial charge in [-0.1, -0.05) is 44.2 Å². The summed E-state index contributed by atoms with van der Waals surface area (Å²) in [5.41, 5.74) is 4.54. The zero-order chi connectivity index (χ0) is 14.5. The van der Waals surface area contributed by atoms with Gasteiger partial charge < -0.3 is 4.74 Å². The molecule has 20 heavy (non-hydrogen) atoms. The van der Waals surface area contributed by atoms with Gasteiger partial charge in [0.15, 0.2) is 5.82 Å². The molecule has 2 aromatic rings. The number of ether oxygens (including phenoxy) is 1. The molecule has 0 amide bonds.